The Morgan fingerprint density at radius 1 is 0.504 bits per heavy atom. The van der Waals surface area contributed by atoms with E-state index in [9.17, 15) is 38.3 Å². The normalized spacial score (nSPS) is 22.1. The number of carbonyl (C=O) groups is 6. The number of ketones is 3. The molecule has 7 atom stereocenters. The summed E-state index contributed by atoms with van der Waals surface area (Å²) in [6, 6.07) is 57.4. The number of nitrogens with one attached hydrogen (secondary N) is 3. The number of ether oxygens (including phenoxy) is 5. The van der Waals surface area contributed by atoms with Crippen molar-refractivity contribution in [2.24, 2.45) is 5.41 Å². The number of carbonyl (C=O) groups excluding carboxylic acids is 6. The van der Waals surface area contributed by atoms with Crippen LogP contribution in [-0.2, 0) is 33.9 Å². The second kappa shape index (κ2) is 39.1. The van der Waals surface area contributed by atoms with E-state index >= 15 is 0 Å². The van der Waals surface area contributed by atoms with Gasteiger partial charge in [0.2, 0.25) is 5.91 Å². The molecule has 3 amide bonds. The van der Waals surface area contributed by atoms with Crippen molar-refractivity contribution in [3.63, 3.8) is 0 Å². The van der Waals surface area contributed by atoms with Crippen molar-refractivity contribution in [2.45, 2.75) is 87.6 Å². The summed E-state index contributed by atoms with van der Waals surface area (Å²) in [6.07, 6.45) is 4.45. The number of Topliss-reactive ketones (excluding diaryl/α,β-unsaturated/α-hetero) is 3. The van der Waals surface area contributed by atoms with E-state index in [0.717, 1.165) is 154 Å². The molecular formula is C100H98Cl3FN8O12S5. The number of rotatable bonds is 12. The van der Waals surface area contributed by atoms with Crippen LogP contribution in [0.4, 0.5) is 24.5 Å². The van der Waals surface area contributed by atoms with Gasteiger partial charge in [0, 0.05) is 127 Å². The highest BCUT2D eigenvalue weighted by Crippen LogP contribution is 2.59. The Balaban J connectivity index is 0.000000109. The number of thiophene rings is 4. The first kappa shape index (κ1) is 90.0. The van der Waals surface area contributed by atoms with E-state index < -0.39 is 11.5 Å². The first-order chi connectivity index (χ1) is 62.6. The van der Waals surface area contributed by atoms with Crippen LogP contribution in [0.15, 0.2) is 182 Å². The van der Waals surface area contributed by atoms with Gasteiger partial charge in [0.1, 0.15) is 16.7 Å². The third kappa shape index (κ3) is 18.5. The molecule has 129 heavy (non-hydrogen) atoms. The maximum atomic E-state index is 14.3. The largest absolute Gasteiger partial charge is 0.394 e. The highest BCUT2D eigenvalue weighted by atomic mass is 35.5. The fourth-order valence-corrected chi connectivity index (χ4v) is 25.5. The van der Waals surface area contributed by atoms with Gasteiger partial charge in [-0.3, -0.25) is 28.8 Å². The molecule has 668 valence electrons. The number of morpholine rings is 4. The Morgan fingerprint density at radius 3 is 1.56 bits per heavy atom. The summed E-state index contributed by atoms with van der Waals surface area (Å²) >= 11 is 25.7. The van der Waals surface area contributed by atoms with Gasteiger partial charge in [0.05, 0.1) is 119 Å². The van der Waals surface area contributed by atoms with E-state index in [0.29, 0.717) is 89.3 Å². The number of likely N-dealkylation sites (N-methyl/N-ethyl adjacent to an activating group) is 1. The number of aliphatic hydroxyl groups is 1. The third-order valence-electron chi connectivity index (χ3n) is 26.4. The van der Waals surface area contributed by atoms with E-state index in [1.54, 1.807) is 41.9 Å². The van der Waals surface area contributed by atoms with Crippen LogP contribution >= 0.6 is 91.5 Å². The number of benzene rings is 7. The van der Waals surface area contributed by atoms with E-state index in [1.807, 2.05) is 48.5 Å². The minimum Gasteiger partial charge on any atom is -0.394 e. The SMILES string of the molecule is CC1(C)C(=O)c2sc(N3CCOCC3)cc2C1(C)c1ccc(Cl)cc1.CNC(=O)[C@@H]1NC(=O)c2sc(C3=CCOCC3)cc2[C@H]1c1ccc(Cl)cc1.O=C1CC(c2ccc(Cl)cc2F)c2cc(N3CCOCC3)sc21.O=C1CC(c2ccc3ccccc3c2)c2cc(N3CCOCC3)sc21.O=C1N[C@@H](CO)CC(c2ccc3ccccc3c2)c2nc(N3CCOCC3)sc21. The molecule has 4 N–H and O–H groups in total. The average molecular weight is 1890 g/mol. The maximum Gasteiger partial charge on any atom is 0.263 e. The molecule has 4 fully saturated rings. The van der Waals surface area contributed by atoms with Crippen molar-refractivity contribution in [1.82, 2.24) is 20.9 Å². The van der Waals surface area contributed by atoms with E-state index in [1.165, 1.54) is 88.3 Å². The van der Waals surface area contributed by atoms with Crippen molar-refractivity contribution in [1.29, 1.82) is 0 Å². The average Bonchev–Trinajstić information content (AvgIpc) is 1.53. The molecular weight excluding hydrogens is 1790 g/mol. The predicted octanol–water partition coefficient (Wildman–Crippen LogP) is 19.3. The van der Waals surface area contributed by atoms with Crippen LogP contribution in [0.3, 0.4) is 0 Å². The van der Waals surface area contributed by atoms with Gasteiger partial charge in [-0.1, -0.05) is 188 Å². The fourth-order valence-electron chi connectivity index (χ4n) is 18.9. The number of hydrogen-bond donors (Lipinski definition) is 4. The smallest absolute Gasteiger partial charge is 0.263 e. The molecule has 7 aliphatic heterocycles. The minimum absolute atomic E-state index is 0.0447. The zero-order valence-corrected chi connectivity index (χ0v) is 78.1. The molecule has 3 aliphatic carbocycles. The first-order valence-electron chi connectivity index (χ1n) is 43.7. The summed E-state index contributed by atoms with van der Waals surface area (Å²) in [7, 11) is 1.58. The molecule has 0 radical (unpaired) electrons. The number of aliphatic hydroxyl groups excluding tert-OH is 1. The molecule has 4 unspecified atom stereocenters. The Hall–Kier alpha value is -9.59. The lowest BCUT2D eigenvalue weighted by Crippen LogP contribution is -2.52. The van der Waals surface area contributed by atoms with Crippen LogP contribution < -0.4 is 35.6 Å². The number of aromatic nitrogens is 1. The molecule has 20 nitrogen and oxygen atoms in total. The predicted molar refractivity (Wildman–Crippen MR) is 515 cm³/mol. The number of hydrogen-bond acceptors (Lipinski definition) is 22. The zero-order chi connectivity index (χ0) is 89.4. The zero-order valence-electron chi connectivity index (χ0n) is 71.8. The van der Waals surface area contributed by atoms with Gasteiger partial charge in [-0.05, 0) is 151 Å². The molecule has 0 spiro atoms. The van der Waals surface area contributed by atoms with Crippen LogP contribution in [-0.4, -0.2) is 189 Å². The van der Waals surface area contributed by atoms with Gasteiger partial charge >= 0.3 is 0 Å². The van der Waals surface area contributed by atoms with Gasteiger partial charge in [-0.25, -0.2) is 9.37 Å². The summed E-state index contributed by atoms with van der Waals surface area (Å²) in [6.45, 7) is 20.1. The van der Waals surface area contributed by atoms with Crippen LogP contribution in [0.25, 0.3) is 27.1 Å². The number of nitrogens with zero attached hydrogens (tertiary/aromatic N) is 5. The topological polar surface area (TPSA) is 231 Å². The van der Waals surface area contributed by atoms with Crippen molar-refractivity contribution in [3.8, 4) is 0 Å². The van der Waals surface area contributed by atoms with Crippen LogP contribution in [0.2, 0.25) is 15.1 Å². The quantitative estimate of drug-likeness (QED) is 0.0891. The second-order valence-corrected chi connectivity index (χ2v) is 40.6. The summed E-state index contributed by atoms with van der Waals surface area (Å²) in [4.78, 5) is 95.2. The van der Waals surface area contributed by atoms with Gasteiger partial charge in [0.25, 0.3) is 11.8 Å². The summed E-state index contributed by atoms with van der Waals surface area (Å²) < 4.78 is 41.4. The van der Waals surface area contributed by atoms with Crippen molar-refractivity contribution in [2.75, 3.05) is 152 Å². The molecule has 7 aromatic carbocycles. The molecule has 12 heterocycles. The minimum atomic E-state index is -0.665. The number of thiazole rings is 1. The molecule has 12 aromatic rings. The maximum absolute atomic E-state index is 14.3. The third-order valence-corrected chi connectivity index (χ3v) is 33.2. The first-order valence-corrected chi connectivity index (χ1v) is 48.9. The molecule has 0 bridgehead atoms. The van der Waals surface area contributed by atoms with Gasteiger partial charge in [-0.2, -0.15) is 0 Å². The van der Waals surface area contributed by atoms with E-state index in [-0.39, 0.29) is 82.6 Å². The lowest BCUT2D eigenvalue weighted by atomic mass is 9.63. The lowest BCUT2D eigenvalue weighted by molar-refractivity contribution is -0.122. The lowest BCUT2D eigenvalue weighted by Gasteiger charge is -2.38. The number of amides is 3. The fraction of sp³-hybridized carbons (Fsp3) is 0.350. The summed E-state index contributed by atoms with van der Waals surface area (Å²) in [5.41, 5.74) is 10.4. The summed E-state index contributed by atoms with van der Waals surface area (Å²) in [5, 5.41) is 29.2. The monoisotopic (exact) mass is 1890 g/mol. The number of fused-ring (bicyclic) bond motifs is 7. The Labute approximate surface area is 783 Å². The van der Waals surface area contributed by atoms with Gasteiger partial charge < -0.3 is 64.3 Å². The van der Waals surface area contributed by atoms with Gasteiger partial charge in [-0.15, -0.1) is 45.3 Å². The summed E-state index contributed by atoms with van der Waals surface area (Å²) in [5.74, 6) is -0.594. The van der Waals surface area contributed by atoms with Gasteiger partial charge in [0.15, 0.2) is 22.5 Å². The number of anilines is 4. The van der Waals surface area contributed by atoms with Crippen LogP contribution in [0.1, 0.15) is 179 Å². The highest BCUT2D eigenvalue weighted by molar-refractivity contribution is 7.19. The number of halogens is 4. The van der Waals surface area contributed by atoms with Crippen LogP contribution in [0, 0.1) is 11.2 Å². The molecule has 29 heteroatoms. The standard InChI is InChI=1S/C22H23N3O3S.C21H19NO2S.C20H19ClN2O3S.C20H22ClNO2S.C17H15ClFNO2S/c26-13-17-12-18(16-6-5-14-3-1-2-4-15(14)11-16)19-20(21(27)23-17)29-22(24-19)25-7-9-28-10-8-25;23-19-12-17(16-6-5-14-3-1-2-4-15(14)11-16)18-13-20(25-21(18)19)22-7-9-24-10-8-22;1-22-19(24)17-16(12-2-4-13(21)5-3-12)14-10-15(11-6-8-26-9-7-11)27-18(14)20(25)23-17;1-19(2)18(23)17-15(12-16(25-17)22-8-10-24-11-9-22)20(19,3)13-4-6-14(21)7-5-13;18-10-1-2-11(14(19)7-10)12-8-15(21)17-13(12)9-16(23-17)20-3-5-22-6-4-20/h1-6,11,17-18,26H,7-10,12-13H2,(H,23,27);1-6,11,13,17H,7-10,12H2;2-6,10,16-17H,7-9H2,1H3,(H,22,24)(H,23,25);4-7,12H,8-11H2,1-3H3;1-2,7,9,12H,3-6,8H2/t17-,18?;;16-,17-;;/m1.1../s1. The Kier molecular flexibility index (Phi) is 27.2. The van der Waals surface area contributed by atoms with Crippen molar-refractivity contribution < 1.29 is 61.9 Å². The second-order valence-electron chi connectivity index (χ2n) is 34.2. The van der Waals surface area contributed by atoms with Crippen LogP contribution in [0.5, 0.6) is 0 Å². The van der Waals surface area contributed by atoms with Crippen molar-refractivity contribution >= 4 is 174 Å². The Bertz CT molecular complexity index is 6250. The van der Waals surface area contributed by atoms with Crippen molar-refractivity contribution in [3.05, 3.63) is 288 Å². The molecule has 0 saturated carbocycles. The molecule has 10 aliphatic rings. The highest BCUT2D eigenvalue weighted by Gasteiger charge is 2.57. The molecule has 4 saturated heterocycles. The Morgan fingerprint density at radius 2 is 1.01 bits per heavy atom. The molecule has 22 rings (SSSR count). The molecule has 5 aromatic heterocycles. The van der Waals surface area contributed by atoms with E-state index in [4.69, 9.17) is 63.5 Å². The van der Waals surface area contributed by atoms with E-state index in [2.05, 4.69) is 172 Å².